The van der Waals surface area contributed by atoms with E-state index in [2.05, 4.69) is 31.8 Å². The molecule has 0 amide bonds. The van der Waals surface area contributed by atoms with Crippen molar-refractivity contribution in [2.75, 3.05) is 0 Å². The van der Waals surface area contributed by atoms with Crippen LogP contribution in [0.2, 0.25) is 0 Å². The van der Waals surface area contributed by atoms with Crippen LogP contribution in [0.1, 0.15) is 84.6 Å². The Morgan fingerprint density at radius 1 is 0.887 bits per heavy atom. The minimum absolute atomic E-state index is 0. The number of rotatable bonds is 10. The van der Waals surface area contributed by atoms with Crippen LogP contribution in [0.4, 0.5) is 13.2 Å². The average Bonchev–Trinajstić information content (AvgIpc) is 3.72. The minimum atomic E-state index is -4.52. The predicted molar refractivity (Wildman–Crippen MR) is 209 cm³/mol. The van der Waals surface area contributed by atoms with Crippen LogP contribution in [0, 0.1) is 23.3 Å². The number of thiophene rings is 1. The van der Waals surface area contributed by atoms with Gasteiger partial charge in [0.05, 0.1) is 16.9 Å². The zero-order valence-corrected chi connectivity index (χ0v) is 34.5. The molecule has 3 heterocycles. The fourth-order valence-corrected chi connectivity index (χ4v) is 7.98. The van der Waals surface area contributed by atoms with Gasteiger partial charge in [0.2, 0.25) is 0 Å². The van der Waals surface area contributed by atoms with Crippen molar-refractivity contribution in [1.29, 1.82) is 0 Å². The Balaban J connectivity index is 0.000000335. The van der Waals surface area contributed by atoms with E-state index in [1.165, 1.54) is 17.4 Å². The first kappa shape index (κ1) is 42.0. The number of halogens is 3. The van der Waals surface area contributed by atoms with E-state index in [-0.39, 0.29) is 54.5 Å². The number of furan rings is 1. The number of aromatic nitrogens is 1. The van der Waals surface area contributed by atoms with E-state index >= 15 is 0 Å². The molecule has 0 bridgehead atoms. The van der Waals surface area contributed by atoms with Crippen LogP contribution in [0.5, 0.6) is 0 Å². The van der Waals surface area contributed by atoms with Crippen molar-refractivity contribution in [2.45, 2.75) is 86.7 Å². The molecule has 0 saturated heterocycles. The quantitative estimate of drug-likeness (QED) is 0.0845. The number of allylic oxidation sites excluding steroid dienone is 2. The van der Waals surface area contributed by atoms with Crippen molar-refractivity contribution >= 4 is 49.8 Å². The van der Waals surface area contributed by atoms with Gasteiger partial charge in [0.15, 0.2) is 5.78 Å². The molecule has 0 spiro atoms. The van der Waals surface area contributed by atoms with Crippen molar-refractivity contribution in [2.24, 2.45) is 17.3 Å². The molecule has 283 valence electrons. The topological polar surface area (TPSA) is 63.3 Å². The number of pyridine rings is 1. The largest absolute Gasteiger partial charge is 0.512 e. The van der Waals surface area contributed by atoms with Crippen LogP contribution >= 0.6 is 11.3 Å². The molecule has 0 aliphatic carbocycles. The summed E-state index contributed by atoms with van der Waals surface area (Å²) in [6, 6.07) is 24.2. The van der Waals surface area contributed by atoms with Gasteiger partial charge in [-0.25, -0.2) is 0 Å². The number of fused-ring (bicyclic) bond motifs is 5. The van der Waals surface area contributed by atoms with Crippen LogP contribution in [0.3, 0.4) is 0 Å². The maximum absolute atomic E-state index is 14.1. The number of hydrogen-bond acceptors (Lipinski definition) is 5. The van der Waals surface area contributed by atoms with E-state index in [1.54, 1.807) is 12.1 Å². The molecule has 0 atom stereocenters. The van der Waals surface area contributed by atoms with Gasteiger partial charge in [-0.15, -0.1) is 16.9 Å². The first-order valence-electron chi connectivity index (χ1n) is 18.0. The Labute approximate surface area is 327 Å². The molecule has 0 fully saturated rings. The smallest absolute Gasteiger partial charge is 0.418 e. The summed E-state index contributed by atoms with van der Waals surface area (Å²) in [5.74, 6) is 0.547. The summed E-state index contributed by atoms with van der Waals surface area (Å²) >= 11 is 1.40. The molecule has 1 N–H and O–H groups in total. The minimum Gasteiger partial charge on any atom is -0.512 e. The summed E-state index contributed by atoms with van der Waals surface area (Å²) < 4.78 is 48.3. The number of carbonyl (C=O) groups excluding carboxylic acids is 1. The number of alkyl halides is 3. The molecule has 6 rings (SSSR count). The molecular weight excluding hydrogens is 872 g/mol. The van der Waals surface area contributed by atoms with Gasteiger partial charge in [-0.2, -0.15) is 13.2 Å². The van der Waals surface area contributed by atoms with Gasteiger partial charge in [0.1, 0.15) is 5.58 Å². The van der Waals surface area contributed by atoms with E-state index in [4.69, 9.17) is 4.42 Å². The maximum atomic E-state index is 14.1. The van der Waals surface area contributed by atoms with Crippen LogP contribution in [0.15, 0.2) is 89.2 Å². The number of ketones is 1. The van der Waals surface area contributed by atoms with Crippen LogP contribution < -0.4 is 0 Å². The van der Waals surface area contributed by atoms with Crippen molar-refractivity contribution in [3.63, 3.8) is 0 Å². The van der Waals surface area contributed by atoms with Crippen LogP contribution in [0.25, 0.3) is 54.4 Å². The van der Waals surface area contributed by atoms with Crippen molar-refractivity contribution < 1.29 is 47.6 Å². The molecule has 0 saturated carbocycles. The number of hydrogen-bond donors (Lipinski definition) is 1. The van der Waals surface area contributed by atoms with Crippen molar-refractivity contribution in [3.8, 4) is 21.7 Å². The molecule has 4 nitrogen and oxygen atoms in total. The summed E-state index contributed by atoms with van der Waals surface area (Å²) in [5.41, 5.74) is 1.76. The predicted octanol–water partition coefficient (Wildman–Crippen LogP) is 13.8. The van der Waals surface area contributed by atoms with Gasteiger partial charge in [0.25, 0.3) is 0 Å². The summed E-state index contributed by atoms with van der Waals surface area (Å²) in [5, 5.41) is 13.5. The molecule has 0 aliphatic rings. The Bertz CT molecular complexity index is 2200. The van der Waals surface area contributed by atoms with Gasteiger partial charge in [-0.3, -0.25) is 4.79 Å². The average molecular weight is 919 g/mol. The SMILES string of the molecule is CC(C)(C)Cc1ccc(-c2cc(-c3[c-]c4oc5ccccc5c4c4ccccc34)ncc2C(F)(F)F)s1.CCC(CC)C(=O)/C=C(\O)C(CC)CC.[Ir]. The Hall–Kier alpha value is -3.78. The van der Waals surface area contributed by atoms with E-state index in [9.17, 15) is 23.1 Å². The second-order valence-corrected chi connectivity index (χ2v) is 15.6. The van der Waals surface area contributed by atoms with E-state index in [1.807, 2.05) is 82.3 Å². The fraction of sp³-hybridized carbons (Fsp3) is 0.364. The van der Waals surface area contributed by atoms with Gasteiger partial charge >= 0.3 is 6.18 Å². The summed E-state index contributed by atoms with van der Waals surface area (Å²) in [4.78, 5) is 17.6. The molecule has 53 heavy (non-hydrogen) atoms. The molecule has 9 heteroatoms. The molecule has 0 aliphatic heterocycles. The second kappa shape index (κ2) is 17.6. The van der Waals surface area contributed by atoms with E-state index in [0.717, 1.165) is 70.3 Å². The Kier molecular flexibility index (Phi) is 13.9. The molecule has 1 radical (unpaired) electrons. The summed E-state index contributed by atoms with van der Waals surface area (Å²) in [7, 11) is 0. The number of benzene rings is 3. The number of aliphatic hydroxyl groups is 1. The summed E-state index contributed by atoms with van der Waals surface area (Å²) in [6.45, 7) is 14.4. The number of nitrogens with zero attached hydrogens (tertiary/aromatic N) is 1. The molecule has 0 unspecified atom stereocenters. The standard InChI is InChI=1S/C31H23F3NOS.C13H24O2.Ir/c1-30(2,3)16-18-12-13-28(37-18)23-14-25(35-17-24(23)31(32,33)34)22-15-27-29(20-9-5-4-8-19(20)22)21-10-6-7-11-26(21)36-27;1-5-10(6-2)12(14)9-13(15)11(7-3)8-4;/h4-14,17H,16H2,1-3H3;9-11,14H,5-8H2,1-4H3;/q-1;;/b;12-9-;. The van der Waals surface area contributed by atoms with Crippen LogP contribution in [-0.2, 0) is 37.5 Å². The zero-order chi connectivity index (χ0) is 37.8. The third kappa shape index (κ3) is 9.67. The molecular formula is C44H47F3IrNO3S-. The van der Waals surface area contributed by atoms with Gasteiger partial charge < -0.3 is 14.5 Å². The van der Waals surface area contributed by atoms with E-state index in [0.29, 0.717) is 21.7 Å². The molecule has 3 aromatic heterocycles. The molecule has 6 aromatic rings. The Morgan fingerprint density at radius 2 is 1.49 bits per heavy atom. The van der Waals surface area contributed by atoms with Gasteiger partial charge in [-0.05, 0) is 77.7 Å². The fourth-order valence-electron chi connectivity index (χ4n) is 6.64. The van der Waals surface area contributed by atoms with Gasteiger partial charge in [-0.1, -0.05) is 114 Å². The number of carbonyl (C=O) groups is 1. The maximum Gasteiger partial charge on any atom is 0.418 e. The van der Waals surface area contributed by atoms with Crippen molar-refractivity contribution in [3.05, 3.63) is 101 Å². The third-order valence-corrected chi connectivity index (χ3v) is 10.6. The number of aliphatic hydroxyl groups excluding tert-OH is 1. The zero-order valence-electron chi connectivity index (χ0n) is 31.3. The van der Waals surface area contributed by atoms with Gasteiger partial charge in [0, 0.05) is 54.0 Å². The van der Waals surface area contributed by atoms with Crippen LogP contribution in [-0.4, -0.2) is 15.9 Å². The first-order valence-corrected chi connectivity index (χ1v) is 18.9. The molecule has 3 aromatic carbocycles. The second-order valence-electron chi connectivity index (χ2n) is 14.5. The Morgan fingerprint density at radius 3 is 2.09 bits per heavy atom. The monoisotopic (exact) mass is 919 g/mol. The van der Waals surface area contributed by atoms with E-state index < -0.39 is 11.7 Å². The van der Waals surface area contributed by atoms with Crippen molar-refractivity contribution in [1.82, 2.24) is 4.98 Å². The summed E-state index contributed by atoms with van der Waals surface area (Å²) in [6.07, 6.45) is 2.12. The first-order chi connectivity index (χ1) is 24.7. The normalized spacial score (nSPS) is 12.4. The third-order valence-electron chi connectivity index (χ3n) is 9.48. The number of para-hydroxylation sites is 1.